The van der Waals surface area contributed by atoms with E-state index in [1.165, 1.54) is 5.69 Å². The summed E-state index contributed by atoms with van der Waals surface area (Å²) in [6.07, 6.45) is 4.97. The van der Waals surface area contributed by atoms with Gasteiger partial charge in [-0.25, -0.2) is 4.98 Å². The van der Waals surface area contributed by atoms with E-state index in [-0.39, 0.29) is 6.04 Å². The Morgan fingerprint density at radius 1 is 1.50 bits per heavy atom. The van der Waals surface area contributed by atoms with Crippen LogP contribution in [0, 0.1) is 0 Å². The van der Waals surface area contributed by atoms with Crippen molar-refractivity contribution in [2.75, 3.05) is 20.1 Å². The topological polar surface area (TPSA) is 47.1 Å². The molecule has 0 fully saturated rings. The quantitative estimate of drug-likeness (QED) is 0.801. The van der Waals surface area contributed by atoms with E-state index in [2.05, 4.69) is 42.3 Å². The second-order valence-electron chi connectivity index (χ2n) is 4.55. The van der Waals surface area contributed by atoms with E-state index in [1.807, 2.05) is 12.5 Å². The normalized spacial score (nSPS) is 13.7. The zero-order valence-corrected chi connectivity index (χ0v) is 10.8. The summed E-state index contributed by atoms with van der Waals surface area (Å²) in [5, 5.41) is 0. The van der Waals surface area contributed by atoms with Crippen LogP contribution in [0.15, 0.2) is 12.5 Å². The summed E-state index contributed by atoms with van der Waals surface area (Å²) >= 11 is 0. The molecule has 1 aromatic rings. The van der Waals surface area contributed by atoms with Gasteiger partial charge in [-0.05, 0) is 33.9 Å². The lowest BCUT2D eigenvalue weighted by molar-refractivity contribution is 0.239. The molecule has 2 N–H and O–H groups in total. The number of imidazole rings is 1. The molecule has 4 heteroatoms. The average Bonchev–Trinajstić information content (AvgIpc) is 2.68. The predicted molar refractivity (Wildman–Crippen MR) is 67.3 cm³/mol. The zero-order chi connectivity index (χ0) is 12.1. The summed E-state index contributed by atoms with van der Waals surface area (Å²) in [7, 11) is 2.12. The van der Waals surface area contributed by atoms with Crippen LogP contribution in [0.4, 0.5) is 0 Å². The summed E-state index contributed by atoms with van der Waals surface area (Å²) in [5.41, 5.74) is 7.10. The third-order valence-electron chi connectivity index (χ3n) is 2.93. The van der Waals surface area contributed by atoms with Crippen molar-refractivity contribution in [2.45, 2.75) is 39.3 Å². The summed E-state index contributed by atoms with van der Waals surface area (Å²) in [4.78, 5) is 6.54. The Kier molecular flexibility index (Phi) is 4.96. The van der Waals surface area contributed by atoms with E-state index < -0.39 is 0 Å². The number of hydrogen-bond donors (Lipinski definition) is 1. The fourth-order valence-corrected chi connectivity index (χ4v) is 2.04. The number of likely N-dealkylation sites (N-methyl/N-ethyl adjacent to an activating group) is 1. The predicted octanol–water partition coefficient (Wildman–Crippen LogP) is 1.81. The van der Waals surface area contributed by atoms with Crippen LogP contribution < -0.4 is 5.73 Å². The van der Waals surface area contributed by atoms with Crippen molar-refractivity contribution in [1.29, 1.82) is 0 Å². The van der Waals surface area contributed by atoms with Gasteiger partial charge >= 0.3 is 0 Å². The molecule has 1 aromatic heterocycles. The molecule has 4 nitrogen and oxygen atoms in total. The van der Waals surface area contributed by atoms with Gasteiger partial charge in [0.2, 0.25) is 0 Å². The van der Waals surface area contributed by atoms with Gasteiger partial charge < -0.3 is 10.3 Å². The maximum absolute atomic E-state index is 5.88. The van der Waals surface area contributed by atoms with Gasteiger partial charge in [0.05, 0.1) is 18.1 Å². The van der Waals surface area contributed by atoms with Crippen molar-refractivity contribution in [1.82, 2.24) is 14.5 Å². The van der Waals surface area contributed by atoms with Crippen LogP contribution >= 0.6 is 0 Å². The van der Waals surface area contributed by atoms with Crippen LogP contribution in [0.2, 0.25) is 0 Å². The smallest absolute Gasteiger partial charge is 0.0951 e. The summed E-state index contributed by atoms with van der Waals surface area (Å²) in [6.45, 7) is 8.21. The molecular formula is C12H24N4. The van der Waals surface area contributed by atoms with Crippen LogP contribution in [0.1, 0.15) is 45.0 Å². The molecule has 0 aliphatic carbocycles. The minimum atomic E-state index is 0.268. The highest BCUT2D eigenvalue weighted by atomic mass is 15.2. The highest BCUT2D eigenvalue weighted by Crippen LogP contribution is 2.21. The van der Waals surface area contributed by atoms with E-state index in [4.69, 9.17) is 5.73 Å². The molecule has 0 saturated heterocycles. The molecular weight excluding hydrogens is 200 g/mol. The number of rotatable bonds is 6. The fourth-order valence-electron chi connectivity index (χ4n) is 2.04. The molecule has 0 aliphatic rings. The van der Waals surface area contributed by atoms with Gasteiger partial charge in [0, 0.05) is 18.8 Å². The molecule has 0 bridgehead atoms. The molecule has 0 radical (unpaired) electrons. The van der Waals surface area contributed by atoms with Gasteiger partial charge in [-0.1, -0.05) is 6.92 Å². The van der Waals surface area contributed by atoms with Gasteiger partial charge in [0.15, 0.2) is 0 Å². The molecule has 0 spiro atoms. The standard InChI is InChI=1S/C12H24N4/c1-5-6-15(4)11(7-13)12-8-14-9-16(12)10(2)3/h8-11H,5-7,13H2,1-4H3. The van der Waals surface area contributed by atoms with Gasteiger partial charge in [0.1, 0.15) is 0 Å². The van der Waals surface area contributed by atoms with Crippen molar-refractivity contribution in [3.05, 3.63) is 18.2 Å². The van der Waals surface area contributed by atoms with Crippen molar-refractivity contribution in [3.8, 4) is 0 Å². The number of nitrogens with two attached hydrogens (primary N) is 1. The van der Waals surface area contributed by atoms with Gasteiger partial charge in [-0.3, -0.25) is 4.90 Å². The summed E-state index contributed by atoms with van der Waals surface area (Å²) in [5.74, 6) is 0. The molecule has 0 aliphatic heterocycles. The van der Waals surface area contributed by atoms with Crippen molar-refractivity contribution in [3.63, 3.8) is 0 Å². The van der Waals surface area contributed by atoms with Crippen LogP contribution in [-0.2, 0) is 0 Å². The van der Waals surface area contributed by atoms with Gasteiger partial charge in [0.25, 0.3) is 0 Å². The Hall–Kier alpha value is -0.870. The third-order valence-corrected chi connectivity index (χ3v) is 2.93. The Labute approximate surface area is 98.5 Å². The molecule has 1 unspecified atom stereocenters. The van der Waals surface area contributed by atoms with Gasteiger partial charge in [-0.2, -0.15) is 0 Å². The minimum absolute atomic E-state index is 0.268. The third kappa shape index (κ3) is 2.83. The maximum atomic E-state index is 5.88. The number of aromatic nitrogens is 2. The van der Waals surface area contributed by atoms with Gasteiger partial charge in [-0.15, -0.1) is 0 Å². The monoisotopic (exact) mass is 224 g/mol. The SMILES string of the molecule is CCCN(C)C(CN)c1cncn1C(C)C. The second kappa shape index (κ2) is 6.01. The molecule has 1 rings (SSSR count). The molecule has 1 atom stereocenters. The first-order chi connectivity index (χ1) is 7.61. The van der Waals surface area contributed by atoms with E-state index in [0.29, 0.717) is 12.6 Å². The molecule has 92 valence electrons. The first kappa shape index (κ1) is 13.2. The maximum Gasteiger partial charge on any atom is 0.0951 e. The highest BCUT2D eigenvalue weighted by Gasteiger charge is 2.19. The van der Waals surface area contributed by atoms with Crippen molar-refractivity contribution >= 4 is 0 Å². The van der Waals surface area contributed by atoms with E-state index in [9.17, 15) is 0 Å². The van der Waals surface area contributed by atoms with E-state index in [1.54, 1.807) is 0 Å². The molecule has 16 heavy (non-hydrogen) atoms. The lowest BCUT2D eigenvalue weighted by Crippen LogP contribution is -2.32. The lowest BCUT2D eigenvalue weighted by atomic mass is 10.1. The first-order valence-electron chi connectivity index (χ1n) is 6.03. The Morgan fingerprint density at radius 3 is 2.69 bits per heavy atom. The molecule has 0 saturated carbocycles. The van der Waals surface area contributed by atoms with Crippen LogP contribution in [0.5, 0.6) is 0 Å². The molecule has 0 aromatic carbocycles. The van der Waals surface area contributed by atoms with Crippen LogP contribution in [0.3, 0.4) is 0 Å². The van der Waals surface area contributed by atoms with E-state index in [0.717, 1.165) is 13.0 Å². The van der Waals surface area contributed by atoms with Crippen LogP contribution in [-0.4, -0.2) is 34.6 Å². The summed E-state index contributed by atoms with van der Waals surface area (Å²) < 4.78 is 2.20. The zero-order valence-electron chi connectivity index (χ0n) is 10.8. The Balaban J connectivity index is 2.90. The average molecular weight is 224 g/mol. The van der Waals surface area contributed by atoms with E-state index >= 15 is 0 Å². The first-order valence-corrected chi connectivity index (χ1v) is 6.03. The highest BCUT2D eigenvalue weighted by molar-refractivity contribution is 5.07. The summed E-state index contributed by atoms with van der Waals surface area (Å²) in [6, 6.07) is 0.700. The molecule has 0 amide bonds. The lowest BCUT2D eigenvalue weighted by Gasteiger charge is -2.28. The fraction of sp³-hybridized carbons (Fsp3) is 0.750. The second-order valence-corrected chi connectivity index (χ2v) is 4.55. The van der Waals surface area contributed by atoms with Crippen molar-refractivity contribution < 1.29 is 0 Å². The number of nitrogens with zero attached hydrogens (tertiary/aromatic N) is 3. The Bertz CT molecular complexity index is 306. The Morgan fingerprint density at radius 2 is 2.19 bits per heavy atom. The van der Waals surface area contributed by atoms with Crippen LogP contribution in [0.25, 0.3) is 0 Å². The molecule has 1 heterocycles. The largest absolute Gasteiger partial charge is 0.331 e. The van der Waals surface area contributed by atoms with Crippen molar-refractivity contribution in [2.24, 2.45) is 5.73 Å². The number of hydrogen-bond acceptors (Lipinski definition) is 3. The minimum Gasteiger partial charge on any atom is -0.331 e.